The summed E-state index contributed by atoms with van der Waals surface area (Å²) in [7, 11) is 0. The van der Waals surface area contributed by atoms with E-state index in [0.29, 0.717) is 16.1 Å². The number of anilines is 1. The molecule has 26 heavy (non-hydrogen) atoms. The lowest BCUT2D eigenvalue weighted by Crippen LogP contribution is -2.19. The number of hydrogen-bond donors (Lipinski definition) is 3. The number of thioether (sulfide) groups is 1. The number of nitrogens with two attached hydrogens (primary N) is 2. The van der Waals surface area contributed by atoms with Crippen molar-refractivity contribution in [1.82, 2.24) is 24.7 Å². The molecular formula is C14H16N8O2S2. The van der Waals surface area contributed by atoms with Crippen LogP contribution in [-0.2, 0) is 4.79 Å². The van der Waals surface area contributed by atoms with Gasteiger partial charge < -0.3 is 16.9 Å². The highest BCUT2D eigenvalue weighted by Gasteiger charge is 2.17. The topological polar surface area (TPSA) is 147 Å². The molecule has 0 aliphatic carbocycles. The molecular weight excluding hydrogens is 376 g/mol. The summed E-state index contributed by atoms with van der Waals surface area (Å²) >= 11 is 2.34. The molecule has 136 valence electrons. The average Bonchev–Trinajstić information content (AvgIpc) is 3.25. The van der Waals surface area contributed by atoms with Crippen molar-refractivity contribution >= 4 is 39.9 Å². The predicted molar refractivity (Wildman–Crippen MR) is 99.0 cm³/mol. The summed E-state index contributed by atoms with van der Waals surface area (Å²) in [6.07, 6.45) is 0. The fourth-order valence-corrected chi connectivity index (χ4v) is 3.70. The molecule has 3 heterocycles. The molecule has 12 heteroatoms. The Bertz CT molecular complexity index is 974. The Labute approximate surface area is 156 Å². The Kier molecular flexibility index (Phi) is 4.95. The highest BCUT2D eigenvalue weighted by Crippen LogP contribution is 2.23. The van der Waals surface area contributed by atoms with Gasteiger partial charge in [0.15, 0.2) is 0 Å². The number of amides is 2. The van der Waals surface area contributed by atoms with E-state index >= 15 is 0 Å². The average molecular weight is 392 g/mol. The molecule has 0 unspecified atom stereocenters. The van der Waals surface area contributed by atoms with Crippen LogP contribution in [0.2, 0.25) is 0 Å². The van der Waals surface area contributed by atoms with Gasteiger partial charge in [0.25, 0.3) is 11.9 Å². The van der Waals surface area contributed by atoms with E-state index in [0.717, 1.165) is 23.1 Å². The molecule has 0 aliphatic heterocycles. The van der Waals surface area contributed by atoms with Crippen molar-refractivity contribution in [2.75, 3.05) is 16.9 Å². The van der Waals surface area contributed by atoms with Gasteiger partial charge in [-0.05, 0) is 31.4 Å². The molecule has 3 aromatic rings. The van der Waals surface area contributed by atoms with Crippen LogP contribution in [0.25, 0.3) is 5.95 Å². The largest absolute Gasteiger partial charge is 0.366 e. The summed E-state index contributed by atoms with van der Waals surface area (Å²) in [5.74, 6) is 5.52. The van der Waals surface area contributed by atoms with Crippen LogP contribution in [0.15, 0.2) is 22.7 Å². The summed E-state index contributed by atoms with van der Waals surface area (Å²) < 4.78 is 2.86. The minimum absolute atomic E-state index is 0.0442. The number of thiophene rings is 1. The zero-order valence-electron chi connectivity index (χ0n) is 14.0. The van der Waals surface area contributed by atoms with Crippen LogP contribution >= 0.6 is 23.1 Å². The van der Waals surface area contributed by atoms with Crippen molar-refractivity contribution in [3.63, 3.8) is 0 Å². The fourth-order valence-electron chi connectivity index (χ4n) is 2.24. The van der Waals surface area contributed by atoms with Gasteiger partial charge in [-0.15, -0.1) is 21.5 Å². The third-order valence-corrected chi connectivity index (χ3v) is 5.13. The van der Waals surface area contributed by atoms with E-state index in [1.807, 2.05) is 19.9 Å². The van der Waals surface area contributed by atoms with E-state index in [9.17, 15) is 9.59 Å². The Balaban J connectivity index is 1.67. The van der Waals surface area contributed by atoms with Crippen LogP contribution in [0.4, 0.5) is 5.00 Å². The first-order valence-corrected chi connectivity index (χ1v) is 9.27. The number of nitrogen functional groups attached to an aromatic ring is 1. The van der Waals surface area contributed by atoms with Crippen molar-refractivity contribution in [3.05, 3.63) is 34.5 Å². The molecule has 0 bridgehead atoms. The molecule has 0 saturated heterocycles. The van der Waals surface area contributed by atoms with Crippen molar-refractivity contribution in [2.45, 2.75) is 19.0 Å². The second kappa shape index (κ2) is 7.17. The zero-order valence-corrected chi connectivity index (χ0v) is 15.6. The first-order chi connectivity index (χ1) is 12.4. The molecule has 10 nitrogen and oxygen atoms in total. The minimum atomic E-state index is -0.592. The Morgan fingerprint density at radius 2 is 2.12 bits per heavy atom. The van der Waals surface area contributed by atoms with E-state index in [4.69, 9.17) is 11.6 Å². The van der Waals surface area contributed by atoms with Crippen molar-refractivity contribution < 1.29 is 9.59 Å². The number of nitrogens with zero attached hydrogens (tertiary/aromatic N) is 5. The van der Waals surface area contributed by atoms with Gasteiger partial charge >= 0.3 is 0 Å². The van der Waals surface area contributed by atoms with Crippen molar-refractivity contribution in [1.29, 1.82) is 0 Å². The molecule has 0 radical (unpaired) electrons. The molecule has 3 aromatic heterocycles. The molecule has 0 saturated carbocycles. The Hall–Kier alpha value is -2.86. The van der Waals surface area contributed by atoms with Crippen LogP contribution < -0.4 is 16.9 Å². The minimum Gasteiger partial charge on any atom is -0.366 e. The lowest BCUT2D eigenvalue weighted by Gasteiger charge is -2.06. The van der Waals surface area contributed by atoms with E-state index < -0.39 is 5.91 Å². The molecule has 5 N–H and O–H groups in total. The van der Waals surface area contributed by atoms with Gasteiger partial charge in [-0.25, -0.2) is 9.36 Å². The van der Waals surface area contributed by atoms with E-state index in [1.165, 1.54) is 16.0 Å². The van der Waals surface area contributed by atoms with E-state index in [-0.39, 0.29) is 17.2 Å². The van der Waals surface area contributed by atoms with Gasteiger partial charge in [-0.1, -0.05) is 11.8 Å². The van der Waals surface area contributed by atoms with Crippen molar-refractivity contribution in [2.24, 2.45) is 5.73 Å². The van der Waals surface area contributed by atoms with Gasteiger partial charge in [0.05, 0.1) is 17.0 Å². The quantitative estimate of drug-likeness (QED) is 0.413. The summed E-state index contributed by atoms with van der Waals surface area (Å²) in [5.41, 5.74) is 7.24. The normalized spacial score (nSPS) is 10.8. The fraction of sp³-hybridized carbons (Fsp3) is 0.214. The lowest BCUT2D eigenvalue weighted by atomic mass is 10.3. The second-order valence-corrected chi connectivity index (χ2v) is 7.21. The van der Waals surface area contributed by atoms with Gasteiger partial charge in [0, 0.05) is 5.69 Å². The number of aromatic nitrogens is 5. The maximum Gasteiger partial charge on any atom is 0.271 e. The van der Waals surface area contributed by atoms with Crippen LogP contribution in [-0.4, -0.2) is 42.2 Å². The van der Waals surface area contributed by atoms with E-state index in [1.54, 1.807) is 16.1 Å². The number of nitrogens with one attached hydrogen (secondary N) is 1. The molecule has 2 amide bonds. The highest BCUT2D eigenvalue weighted by atomic mass is 32.2. The summed E-state index contributed by atoms with van der Waals surface area (Å²) in [6, 6.07) is 3.46. The number of carbonyl (C=O) groups is 2. The predicted octanol–water partition coefficient (Wildman–Crippen LogP) is 0.686. The van der Waals surface area contributed by atoms with Gasteiger partial charge in [-0.2, -0.15) is 5.10 Å². The van der Waals surface area contributed by atoms with Crippen LogP contribution in [0.3, 0.4) is 0 Å². The monoisotopic (exact) mass is 392 g/mol. The number of primary amides is 1. The van der Waals surface area contributed by atoms with Crippen molar-refractivity contribution in [3.8, 4) is 5.95 Å². The smallest absolute Gasteiger partial charge is 0.271 e. The van der Waals surface area contributed by atoms with Crippen LogP contribution in [0, 0.1) is 13.8 Å². The standard InChI is InChI=1S/C14H16N8O2S2/c1-7-5-8(2)22(20-7)13-18-19-14(21(13)16)26-6-10(23)17-12-9(11(15)24)3-4-25-12/h3-5H,6,16H2,1-2H3,(H2,15,24)(H,17,23). The first kappa shape index (κ1) is 17.9. The molecule has 0 fully saturated rings. The maximum atomic E-state index is 12.1. The van der Waals surface area contributed by atoms with Crippen LogP contribution in [0.1, 0.15) is 21.7 Å². The number of rotatable bonds is 6. The maximum absolute atomic E-state index is 12.1. The number of hydrogen-bond acceptors (Lipinski definition) is 8. The third kappa shape index (κ3) is 3.55. The van der Waals surface area contributed by atoms with Crippen LogP contribution in [0.5, 0.6) is 0 Å². The number of aryl methyl sites for hydroxylation is 2. The van der Waals surface area contributed by atoms with Gasteiger partial charge in [0.2, 0.25) is 11.1 Å². The first-order valence-electron chi connectivity index (χ1n) is 7.41. The highest BCUT2D eigenvalue weighted by molar-refractivity contribution is 7.99. The molecule has 0 aromatic carbocycles. The third-order valence-electron chi connectivity index (χ3n) is 3.36. The van der Waals surface area contributed by atoms with Gasteiger partial charge in [0.1, 0.15) is 5.00 Å². The number of carbonyl (C=O) groups excluding carboxylic acids is 2. The SMILES string of the molecule is Cc1cc(C)n(-c2nnc(SCC(=O)Nc3sccc3C(N)=O)n2N)n1. The summed E-state index contributed by atoms with van der Waals surface area (Å²) in [5, 5.41) is 17.4. The van der Waals surface area contributed by atoms with E-state index in [2.05, 4.69) is 20.6 Å². The van der Waals surface area contributed by atoms with Gasteiger partial charge in [-0.3, -0.25) is 9.59 Å². The molecule has 0 aliphatic rings. The molecule has 0 spiro atoms. The zero-order chi connectivity index (χ0) is 18.8. The Morgan fingerprint density at radius 1 is 1.35 bits per heavy atom. The summed E-state index contributed by atoms with van der Waals surface area (Å²) in [4.78, 5) is 23.4. The molecule has 0 atom stereocenters. The lowest BCUT2D eigenvalue weighted by molar-refractivity contribution is -0.113. The Morgan fingerprint density at radius 3 is 2.77 bits per heavy atom. The second-order valence-electron chi connectivity index (χ2n) is 5.36. The summed E-state index contributed by atoms with van der Waals surface area (Å²) in [6.45, 7) is 3.75. The molecule has 3 rings (SSSR count).